The van der Waals surface area contributed by atoms with Gasteiger partial charge in [-0.05, 0) is 11.6 Å². The highest BCUT2D eigenvalue weighted by molar-refractivity contribution is 7.99. The molecule has 1 aromatic heterocycles. The van der Waals surface area contributed by atoms with Crippen LogP contribution in [-0.4, -0.2) is 23.8 Å². The first-order chi connectivity index (χ1) is 7.26. The van der Waals surface area contributed by atoms with Crippen LogP contribution < -0.4 is 0 Å². The van der Waals surface area contributed by atoms with Crippen molar-refractivity contribution in [3.05, 3.63) is 24.0 Å². The van der Waals surface area contributed by atoms with Gasteiger partial charge in [-0.3, -0.25) is 9.78 Å². The predicted molar refractivity (Wildman–Crippen MR) is 68.4 cm³/mol. The molecule has 1 aromatic rings. The van der Waals surface area contributed by atoms with Crippen LogP contribution in [-0.2, 0) is 15.4 Å². The normalized spacial score (nSPS) is 9.38. The molecule has 0 saturated heterocycles. The van der Waals surface area contributed by atoms with E-state index in [4.69, 9.17) is 11.6 Å². The molecular weight excluding hydrogens is 269 g/mol. The van der Waals surface area contributed by atoms with E-state index in [1.165, 1.54) is 7.11 Å². The second kappa shape index (κ2) is 8.67. The molecule has 0 aliphatic rings. The maximum absolute atomic E-state index is 10.9. The van der Waals surface area contributed by atoms with Crippen LogP contribution in [0.3, 0.4) is 0 Å². The largest absolute Gasteiger partial charge is 0.469 e. The molecule has 0 radical (unpaired) electrons. The highest BCUT2D eigenvalue weighted by atomic mass is 35.5. The minimum atomic E-state index is -0.191. The van der Waals surface area contributed by atoms with Gasteiger partial charge in [0.05, 0.1) is 13.5 Å². The number of carbonyl (C=O) groups excluding carboxylic acids is 1. The van der Waals surface area contributed by atoms with E-state index >= 15 is 0 Å². The van der Waals surface area contributed by atoms with E-state index in [1.807, 2.05) is 6.07 Å². The first-order valence-corrected chi connectivity index (χ1v) is 5.97. The molecule has 1 rings (SSSR count). The third-order valence-corrected chi connectivity index (χ3v) is 3.00. The van der Waals surface area contributed by atoms with Crippen molar-refractivity contribution in [3.63, 3.8) is 0 Å². The van der Waals surface area contributed by atoms with E-state index in [0.717, 1.165) is 10.5 Å². The Morgan fingerprint density at radius 3 is 2.94 bits per heavy atom. The summed E-state index contributed by atoms with van der Waals surface area (Å²) in [5.41, 5.74) is 0.986. The van der Waals surface area contributed by atoms with Gasteiger partial charge in [-0.15, -0.1) is 35.8 Å². The highest BCUT2D eigenvalue weighted by Crippen LogP contribution is 2.19. The Kier molecular flexibility index (Phi) is 8.43. The zero-order valence-corrected chi connectivity index (χ0v) is 11.2. The van der Waals surface area contributed by atoms with E-state index in [-0.39, 0.29) is 18.4 Å². The van der Waals surface area contributed by atoms with Gasteiger partial charge in [-0.2, -0.15) is 0 Å². The minimum absolute atomic E-state index is 0. The fraction of sp³-hybridized carbons (Fsp3) is 0.400. The number of nitrogens with zero attached hydrogens (tertiary/aromatic N) is 1. The average Bonchev–Trinajstić information content (AvgIpc) is 2.29. The standard InChI is InChI=1S/C10H12ClNO2S.ClH/c1-14-10(13)2-3-15-9-4-8(5-11)6-12-7-9;/h4,6-7H,2-3,5H2,1H3;1H. The second-order valence-corrected chi connectivity index (χ2v) is 4.27. The molecule has 16 heavy (non-hydrogen) atoms. The Morgan fingerprint density at radius 2 is 2.31 bits per heavy atom. The van der Waals surface area contributed by atoms with Crippen LogP contribution in [0.5, 0.6) is 0 Å². The van der Waals surface area contributed by atoms with Crippen molar-refractivity contribution in [3.8, 4) is 0 Å². The van der Waals surface area contributed by atoms with Crippen LogP contribution in [0.1, 0.15) is 12.0 Å². The van der Waals surface area contributed by atoms with Gasteiger partial charge in [0.15, 0.2) is 0 Å². The van der Waals surface area contributed by atoms with Gasteiger partial charge in [0.1, 0.15) is 0 Å². The minimum Gasteiger partial charge on any atom is -0.469 e. The molecule has 0 amide bonds. The lowest BCUT2D eigenvalue weighted by atomic mass is 10.3. The summed E-state index contributed by atoms with van der Waals surface area (Å²) in [5.74, 6) is 0.961. The van der Waals surface area contributed by atoms with Crippen molar-refractivity contribution >= 4 is 41.7 Å². The Hall–Kier alpha value is -0.450. The quantitative estimate of drug-likeness (QED) is 0.473. The SMILES string of the molecule is COC(=O)CCSc1cncc(CCl)c1.Cl. The van der Waals surface area contributed by atoms with Crippen LogP contribution in [0, 0.1) is 0 Å². The van der Waals surface area contributed by atoms with Crippen molar-refractivity contribution in [2.75, 3.05) is 12.9 Å². The molecule has 0 atom stereocenters. The molecule has 6 heteroatoms. The van der Waals surface area contributed by atoms with Gasteiger partial charge < -0.3 is 4.74 Å². The van der Waals surface area contributed by atoms with Gasteiger partial charge in [0.25, 0.3) is 0 Å². The molecule has 1 heterocycles. The van der Waals surface area contributed by atoms with Gasteiger partial charge in [0, 0.05) is 28.9 Å². The van der Waals surface area contributed by atoms with E-state index in [2.05, 4.69) is 9.72 Å². The van der Waals surface area contributed by atoms with E-state index in [0.29, 0.717) is 18.1 Å². The average molecular weight is 282 g/mol. The molecule has 3 nitrogen and oxygen atoms in total. The van der Waals surface area contributed by atoms with Crippen LogP contribution in [0.15, 0.2) is 23.4 Å². The van der Waals surface area contributed by atoms with Crippen molar-refractivity contribution in [1.29, 1.82) is 0 Å². The molecule has 0 N–H and O–H groups in total. The fourth-order valence-corrected chi connectivity index (χ4v) is 1.99. The number of hydrogen-bond donors (Lipinski definition) is 0. The van der Waals surface area contributed by atoms with Crippen molar-refractivity contribution in [2.45, 2.75) is 17.2 Å². The Balaban J connectivity index is 0.00000225. The first-order valence-electron chi connectivity index (χ1n) is 4.45. The summed E-state index contributed by atoms with van der Waals surface area (Å²) >= 11 is 7.25. The molecule has 0 spiro atoms. The lowest BCUT2D eigenvalue weighted by Crippen LogP contribution is -2.00. The van der Waals surface area contributed by atoms with Crippen LogP contribution in [0.2, 0.25) is 0 Å². The molecule has 0 saturated carbocycles. The predicted octanol–water partition coefficient (Wildman–Crippen LogP) is 2.90. The number of pyridine rings is 1. The number of alkyl halides is 1. The number of carbonyl (C=O) groups is 1. The third kappa shape index (κ3) is 5.58. The van der Waals surface area contributed by atoms with Gasteiger partial charge >= 0.3 is 5.97 Å². The molecule has 0 aliphatic carbocycles. The molecule has 0 unspecified atom stereocenters. The zero-order valence-electron chi connectivity index (χ0n) is 8.81. The molecular formula is C10H13Cl2NO2S. The van der Waals surface area contributed by atoms with Gasteiger partial charge in [-0.1, -0.05) is 0 Å². The number of rotatable bonds is 5. The summed E-state index contributed by atoms with van der Waals surface area (Å²) in [7, 11) is 1.39. The summed E-state index contributed by atoms with van der Waals surface area (Å²) < 4.78 is 4.54. The van der Waals surface area contributed by atoms with E-state index in [1.54, 1.807) is 24.2 Å². The van der Waals surface area contributed by atoms with Crippen molar-refractivity contribution < 1.29 is 9.53 Å². The number of methoxy groups -OCH3 is 1. The van der Waals surface area contributed by atoms with Crippen LogP contribution in [0.25, 0.3) is 0 Å². The summed E-state index contributed by atoms with van der Waals surface area (Å²) in [6, 6.07) is 1.97. The fourth-order valence-electron chi connectivity index (χ4n) is 0.970. The summed E-state index contributed by atoms with van der Waals surface area (Å²) in [5, 5.41) is 0. The van der Waals surface area contributed by atoms with E-state index < -0.39 is 0 Å². The monoisotopic (exact) mass is 281 g/mol. The van der Waals surface area contributed by atoms with Crippen molar-refractivity contribution in [1.82, 2.24) is 4.98 Å². The van der Waals surface area contributed by atoms with Gasteiger partial charge in [-0.25, -0.2) is 0 Å². The zero-order chi connectivity index (χ0) is 11.1. The third-order valence-electron chi connectivity index (χ3n) is 1.73. The number of ether oxygens (including phenoxy) is 1. The van der Waals surface area contributed by atoms with Crippen molar-refractivity contribution in [2.24, 2.45) is 0 Å². The lowest BCUT2D eigenvalue weighted by Gasteiger charge is -2.01. The van der Waals surface area contributed by atoms with Gasteiger partial charge in [0.2, 0.25) is 0 Å². The second-order valence-electron chi connectivity index (χ2n) is 2.84. The molecule has 0 fully saturated rings. The van der Waals surface area contributed by atoms with Crippen LogP contribution in [0.4, 0.5) is 0 Å². The lowest BCUT2D eigenvalue weighted by molar-refractivity contribution is -0.140. The number of esters is 1. The number of halogens is 2. The number of aromatic nitrogens is 1. The molecule has 0 aromatic carbocycles. The van der Waals surface area contributed by atoms with Crippen LogP contribution >= 0.6 is 35.8 Å². The molecule has 0 aliphatic heterocycles. The maximum Gasteiger partial charge on any atom is 0.306 e. The Bertz CT molecular complexity index is 336. The number of hydrogen-bond acceptors (Lipinski definition) is 4. The summed E-state index contributed by atoms with van der Waals surface area (Å²) in [4.78, 5) is 15.9. The molecule has 0 bridgehead atoms. The molecule has 90 valence electrons. The Labute approximate surface area is 110 Å². The summed E-state index contributed by atoms with van der Waals surface area (Å²) in [6.45, 7) is 0. The summed E-state index contributed by atoms with van der Waals surface area (Å²) in [6.07, 6.45) is 3.90. The highest BCUT2D eigenvalue weighted by Gasteiger charge is 2.01. The smallest absolute Gasteiger partial charge is 0.306 e. The number of thioether (sulfide) groups is 1. The first kappa shape index (κ1) is 15.6. The topological polar surface area (TPSA) is 39.2 Å². The maximum atomic E-state index is 10.9. The van der Waals surface area contributed by atoms with E-state index in [9.17, 15) is 4.79 Å². The Morgan fingerprint density at radius 1 is 1.56 bits per heavy atom.